The summed E-state index contributed by atoms with van der Waals surface area (Å²) in [6, 6.07) is 0.683. The van der Waals surface area contributed by atoms with Gasteiger partial charge in [-0.1, -0.05) is 0 Å². The summed E-state index contributed by atoms with van der Waals surface area (Å²) < 4.78 is 43.3. The van der Waals surface area contributed by atoms with Crippen LogP contribution in [0, 0.1) is 0 Å². The van der Waals surface area contributed by atoms with Gasteiger partial charge in [0.2, 0.25) is 5.91 Å². The SMILES string of the molecule is CN1CC(=O)N2c3ncc(C(F)(F)F)cc3OC[C@H]2C1. The lowest BCUT2D eigenvalue weighted by Crippen LogP contribution is -2.59. The Kier molecular flexibility index (Phi) is 2.86. The van der Waals surface area contributed by atoms with Gasteiger partial charge in [0.15, 0.2) is 11.6 Å². The number of hydrogen-bond acceptors (Lipinski definition) is 4. The number of alkyl halides is 3. The van der Waals surface area contributed by atoms with E-state index in [2.05, 4.69) is 4.98 Å². The third-order valence-electron chi connectivity index (χ3n) is 3.38. The molecule has 2 aliphatic rings. The van der Waals surface area contributed by atoms with Crippen molar-refractivity contribution in [2.75, 3.05) is 31.6 Å². The van der Waals surface area contributed by atoms with E-state index < -0.39 is 11.7 Å². The lowest BCUT2D eigenvalue weighted by atomic mass is 10.1. The molecule has 0 unspecified atom stereocenters. The number of likely N-dealkylation sites (N-methyl/N-ethyl adjacent to an activating group) is 1. The Morgan fingerprint density at radius 1 is 1.45 bits per heavy atom. The van der Waals surface area contributed by atoms with E-state index in [1.54, 1.807) is 0 Å². The average molecular weight is 287 g/mol. The Morgan fingerprint density at radius 2 is 2.20 bits per heavy atom. The van der Waals surface area contributed by atoms with E-state index in [1.807, 2.05) is 11.9 Å². The summed E-state index contributed by atoms with van der Waals surface area (Å²) in [4.78, 5) is 19.1. The first-order chi connectivity index (χ1) is 9.36. The topological polar surface area (TPSA) is 45.7 Å². The van der Waals surface area contributed by atoms with Crippen LogP contribution in [0.1, 0.15) is 5.56 Å². The molecule has 3 rings (SSSR count). The lowest BCUT2D eigenvalue weighted by Gasteiger charge is -2.42. The molecule has 0 spiro atoms. The van der Waals surface area contributed by atoms with Crippen LogP contribution in [-0.4, -0.2) is 48.6 Å². The summed E-state index contributed by atoms with van der Waals surface area (Å²) in [5.41, 5.74) is -0.878. The highest BCUT2D eigenvalue weighted by Crippen LogP contribution is 2.38. The monoisotopic (exact) mass is 287 g/mol. The largest absolute Gasteiger partial charge is 0.487 e. The van der Waals surface area contributed by atoms with Crippen molar-refractivity contribution in [3.05, 3.63) is 17.8 Å². The van der Waals surface area contributed by atoms with Crippen LogP contribution in [0.2, 0.25) is 0 Å². The number of piperazine rings is 1. The van der Waals surface area contributed by atoms with Crippen LogP contribution >= 0.6 is 0 Å². The normalized spacial score (nSPS) is 23.1. The molecule has 0 N–H and O–H groups in total. The molecule has 20 heavy (non-hydrogen) atoms. The highest BCUT2D eigenvalue weighted by Gasteiger charge is 2.40. The number of aromatic nitrogens is 1. The molecule has 1 saturated heterocycles. The van der Waals surface area contributed by atoms with Crippen molar-refractivity contribution in [3.8, 4) is 5.75 Å². The Morgan fingerprint density at radius 3 is 2.90 bits per heavy atom. The van der Waals surface area contributed by atoms with Gasteiger partial charge in [0.25, 0.3) is 0 Å². The first-order valence-electron chi connectivity index (χ1n) is 6.07. The fourth-order valence-corrected chi connectivity index (χ4v) is 2.50. The summed E-state index contributed by atoms with van der Waals surface area (Å²) in [6.07, 6.45) is -3.75. The minimum absolute atomic E-state index is 0.00831. The lowest BCUT2D eigenvalue weighted by molar-refractivity contribution is -0.137. The number of carbonyl (C=O) groups excluding carboxylic acids is 1. The van der Waals surface area contributed by atoms with Crippen LogP contribution in [0.4, 0.5) is 19.0 Å². The summed E-state index contributed by atoms with van der Waals surface area (Å²) in [6.45, 7) is 0.999. The molecule has 0 aromatic carbocycles. The second kappa shape index (κ2) is 4.34. The molecule has 1 atom stereocenters. The van der Waals surface area contributed by atoms with Crippen molar-refractivity contribution < 1.29 is 22.7 Å². The van der Waals surface area contributed by atoms with Crippen LogP contribution in [0.5, 0.6) is 5.75 Å². The standard InChI is InChI=1S/C12H12F3N3O2/c1-17-4-8-6-20-9-2-7(12(13,14)15)3-16-11(9)18(8)10(19)5-17/h2-3,8H,4-6H2,1H3/t8-/m1/s1. The molecule has 5 nitrogen and oxygen atoms in total. The fourth-order valence-electron chi connectivity index (χ4n) is 2.50. The number of halogens is 3. The summed E-state index contributed by atoms with van der Waals surface area (Å²) in [7, 11) is 1.81. The number of anilines is 1. The number of carbonyl (C=O) groups is 1. The zero-order valence-corrected chi connectivity index (χ0v) is 10.6. The van der Waals surface area contributed by atoms with E-state index in [4.69, 9.17) is 4.74 Å². The molecule has 8 heteroatoms. The van der Waals surface area contributed by atoms with Gasteiger partial charge in [-0.2, -0.15) is 13.2 Å². The maximum absolute atomic E-state index is 12.6. The molecule has 0 aliphatic carbocycles. The first-order valence-corrected chi connectivity index (χ1v) is 6.07. The minimum Gasteiger partial charge on any atom is -0.487 e. The Hall–Kier alpha value is -1.83. The fraction of sp³-hybridized carbons (Fsp3) is 0.500. The van der Waals surface area contributed by atoms with Crippen molar-refractivity contribution >= 4 is 11.7 Å². The van der Waals surface area contributed by atoms with Gasteiger partial charge in [0, 0.05) is 12.7 Å². The molecule has 3 heterocycles. The van der Waals surface area contributed by atoms with E-state index in [9.17, 15) is 18.0 Å². The predicted molar refractivity (Wildman–Crippen MR) is 63.5 cm³/mol. The molecule has 1 amide bonds. The summed E-state index contributed by atoms with van der Waals surface area (Å²) in [5, 5.41) is 0. The average Bonchev–Trinajstić information content (AvgIpc) is 2.36. The van der Waals surface area contributed by atoms with Crippen molar-refractivity contribution in [1.82, 2.24) is 9.88 Å². The van der Waals surface area contributed by atoms with E-state index in [0.29, 0.717) is 6.54 Å². The highest BCUT2D eigenvalue weighted by molar-refractivity contribution is 5.97. The zero-order valence-electron chi connectivity index (χ0n) is 10.6. The van der Waals surface area contributed by atoms with Gasteiger partial charge < -0.3 is 4.74 Å². The van der Waals surface area contributed by atoms with Gasteiger partial charge in [-0.3, -0.25) is 14.6 Å². The summed E-state index contributed by atoms with van der Waals surface area (Å²) in [5.74, 6) is 0.00175. The van der Waals surface area contributed by atoms with Crippen molar-refractivity contribution in [3.63, 3.8) is 0 Å². The maximum atomic E-state index is 12.6. The van der Waals surface area contributed by atoms with Crippen LogP contribution in [0.15, 0.2) is 12.3 Å². The molecule has 2 aliphatic heterocycles. The maximum Gasteiger partial charge on any atom is 0.418 e. The van der Waals surface area contributed by atoms with Gasteiger partial charge >= 0.3 is 6.18 Å². The zero-order chi connectivity index (χ0) is 14.5. The molecule has 0 saturated carbocycles. The van der Waals surface area contributed by atoms with Crippen molar-refractivity contribution in [2.24, 2.45) is 0 Å². The predicted octanol–water partition coefficient (Wildman–Crippen LogP) is 1.14. The van der Waals surface area contributed by atoms with Crippen LogP contribution in [0.3, 0.4) is 0 Å². The molecule has 108 valence electrons. The van der Waals surface area contributed by atoms with Gasteiger partial charge in [-0.05, 0) is 13.1 Å². The van der Waals surface area contributed by atoms with E-state index in [0.717, 1.165) is 12.3 Å². The molecule has 0 bridgehead atoms. The smallest absolute Gasteiger partial charge is 0.418 e. The number of hydrogen-bond donors (Lipinski definition) is 0. The minimum atomic E-state index is -4.48. The van der Waals surface area contributed by atoms with Gasteiger partial charge in [-0.15, -0.1) is 0 Å². The Labute approximate surface area is 112 Å². The number of rotatable bonds is 0. The molecule has 1 fully saturated rings. The quantitative estimate of drug-likeness (QED) is 0.718. The van der Waals surface area contributed by atoms with E-state index in [1.165, 1.54) is 4.90 Å². The molecule has 1 aromatic heterocycles. The number of ether oxygens (including phenoxy) is 1. The molecular weight excluding hydrogens is 275 g/mol. The highest BCUT2D eigenvalue weighted by atomic mass is 19.4. The van der Waals surface area contributed by atoms with Crippen LogP contribution < -0.4 is 9.64 Å². The van der Waals surface area contributed by atoms with Crippen molar-refractivity contribution in [1.29, 1.82) is 0 Å². The molecule has 0 radical (unpaired) electrons. The summed E-state index contributed by atoms with van der Waals surface area (Å²) >= 11 is 0. The third-order valence-corrected chi connectivity index (χ3v) is 3.38. The number of fused-ring (bicyclic) bond motifs is 3. The Balaban J connectivity index is 1.99. The van der Waals surface area contributed by atoms with Crippen LogP contribution in [-0.2, 0) is 11.0 Å². The number of amides is 1. The first kappa shape index (κ1) is 13.2. The number of pyridine rings is 1. The van der Waals surface area contributed by atoms with Gasteiger partial charge in [0.1, 0.15) is 6.61 Å². The van der Waals surface area contributed by atoms with E-state index >= 15 is 0 Å². The van der Waals surface area contributed by atoms with Gasteiger partial charge in [-0.25, -0.2) is 4.98 Å². The molecule has 1 aromatic rings. The second-order valence-corrected chi connectivity index (χ2v) is 4.97. The van der Waals surface area contributed by atoms with Crippen molar-refractivity contribution in [2.45, 2.75) is 12.2 Å². The van der Waals surface area contributed by atoms with Gasteiger partial charge in [0.05, 0.1) is 18.2 Å². The molecular formula is C12H12F3N3O2. The number of nitrogens with zero attached hydrogens (tertiary/aromatic N) is 3. The third kappa shape index (κ3) is 2.09. The second-order valence-electron chi connectivity index (χ2n) is 4.97. The Bertz CT molecular complexity index is 561. The van der Waals surface area contributed by atoms with E-state index in [-0.39, 0.29) is 36.7 Å². The van der Waals surface area contributed by atoms with Crippen LogP contribution in [0.25, 0.3) is 0 Å².